The molecule has 0 N–H and O–H groups in total. The third kappa shape index (κ3) is 4.77. The summed E-state index contributed by atoms with van der Waals surface area (Å²) in [6.45, 7) is 5.61. The van der Waals surface area contributed by atoms with E-state index in [9.17, 15) is 9.59 Å². The summed E-state index contributed by atoms with van der Waals surface area (Å²) in [5, 5.41) is 0. The molecule has 0 aromatic carbocycles. The minimum Gasteiger partial charge on any atom is -0.342 e. The maximum absolute atomic E-state index is 13.2. The van der Waals surface area contributed by atoms with Crippen molar-refractivity contribution in [3.05, 3.63) is 48.3 Å². The van der Waals surface area contributed by atoms with Crippen molar-refractivity contribution < 1.29 is 9.59 Å². The van der Waals surface area contributed by atoms with Gasteiger partial charge in [-0.15, -0.1) is 0 Å². The van der Waals surface area contributed by atoms with E-state index in [2.05, 4.69) is 9.97 Å². The minimum atomic E-state index is -0.163. The van der Waals surface area contributed by atoms with Crippen molar-refractivity contribution in [1.29, 1.82) is 0 Å². The number of pyridine rings is 1. The van der Waals surface area contributed by atoms with Gasteiger partial charge in [0, 0.05) is 63.3 Å². The molecule has 0 unspecified atom stereocenters. The fourth-order valence-corrected chi connectivity index (χ4v) is 3.58. The Balaban J connectivity index is 1.64. The molecule has 0 radical (unpaired) electrons. The molecule has 2 aromatic rings. The first-order chi connectivity index (χ1) is 13.5. The summed E-state index contributed by atoms with van der Waals surface area (Å²) >= 11 is 0. The third-order valence-corrected chi connectivity index (χ3v) is 5.35. The summed E-state index contributed by atoms with van der Waals surface area (Å²) < 4.78 is 1.94. The molecule has 3 rings (SSSR count). The number of aromatic nitrogens is 3. The molecule has 3 heterocycles. The highest BCUT2D eigenvalue weighted by Gasteiger charge is 2.33. The summed E-state index contributed by atoms with van der Waals surface area (Å²) in [5.74, 6) is 0.929. The molecule has 28 heavy (non-hydrogen) atoms. The number of likely N-dealkylation sites (tertiary alicyclic amines) is 1. The average molecular weight is 383 g/mol. The molecule has 2 aromatic heterocycles. The normalized spacial score (nSPS) is 17.2. The first kappa shape index (κ1) is 20.0. The predicted molar refractivity (Wildman–Crippen MR) is 106 cm³/mol. The summed E-state index contributed by atoms with van der Waals surface area (Å²) in [6.07, 6.45) is 7.13. The van der Waals surface area contributed by atoms with Crippen molar-refractivity contribution >= 4 is 11.8 Å². The van der Waals surface area contributed by atoms with Crippen LogP contribution in [-0.2, 0) is 29.6 Å². The summed E-state index contributed by atoms with van der Waals surface area (Å²) in [6, 6.07) is 5.87. The molecule has 150 valence electrons. The Hall–Kier alpha value is -2.70. The van der Waals surface area contributed by atoms with Crippen molar-refractivity contribution in [3.63, 3.8) is 0 Å². The largest absolute Gasteiger partial charge is 0.342 e. The zero-order chi connectivity index (χ0) is 20.1. The van der Waals surface area contributed by atoms with Crippen LogP contribution in [0.5, 0.6) is 0 Å². The van der Waals surface area contributed by atoms with Crippen LogP contribution in [0, 0.1) is 5.92 Å². The Morgan fingerprint density at radius 1 is 1.29 bits per heavy atom. The molecule has 1 aliphatic rings. The molecule has 0 spiro atoms. The Morgan fingerprint density at radius 2 is 2.11 bits per heavy atom. The van der Waals surface area contributed by atoms with Crippen LogP contribution in [0.4, 0.5) is 0 Å². The van der Waals surface area contributed by atoms with E-state index in [4.69, 9.17) is 0 Å². The van der Waals surface area contributed by atoms with Crippen molar-refractivity contribution in [2.75, 3.05) is 13.1 Å². The fraction of sp³-hybridized carbons (Fsp3) is 0.524. The van der Waals surface area contributed by atoms with Crippen molar-refractivity contribution in [1.82, 2.24) is 24.3 Å². The van der Waals surface area contributed by atoms with Crippen molar-refractivity contribution in [2.45, 2.75) is 45.7 Å². The van der Waals surface area contributed by atoms with Crippen LogP contribution >= 0.6 is 0 Å². The number of piperidine rings is 1. The standard InChI is InChI=1S/C21H29N5O2/c1-16(2)26(15-19-23-11-13-24(19)3)21(28)17-7-8-20(27)25(14-17)12-9-18-6-4-5-10-22-18/h4-6,10-11,13,16-17H,7-9,12,14-15H2,1-3H3/t17-/m0/s1. The Bertz CT molecular complexity index is 802. The molecule has 1 atom stereocenters. The summed E-state index contributed by atoms with van der Waals surface area (Å²) in [4.78, 5) is 38.0. The molecule has 1 fully saturated rings. The third-order valence-electron chi connectivity index (χ3n) is 5.35. The quantitative estimate of drug-likeness (QED) is 0.733. The molecule has 1 saturated heterocycles. The van der Waals surface area contributed by atoms with Crippen LogP contribution in [-0.4, -0.2) is 55.3 Å². The lowest BCUT2D eigenvalue weighted by Crippen LogP contribution is -2.49. The highest BCUT2D eigenvalue weighted by Crippen LogP contribution is 2.22. The number of hydrogen-bond donors (Lipinski definition) is 0. The van der Waals surface area contributed by atoms with Crippen LogP contribution < -0.4 is 0 Å². The number of aryl methyl sites for hydroxylation is 1. The van der Waals surface area contributed by atoms with Gasteiger partial charge in [-0.3, -0.25) is 14.6 Å². The second-order valence-corrected chi connectivity index (χ2v) is 7.66. The lowest BCUT2D eigenvalue weighted by atomic mass is 9.95. The van der Waals surface area contributed by atoms with Gasteiger partial charge >= 0.3 is 0 Å². The van der Waals surface area contributed by atoms with E-state index in [0.717, 1.165) is 11.5 Å². The zero-order valence-corrected chi connectivity index (χ0v) is 16.9. The number of carbonyl (C=O) groups excluding carboxylic acids is 2. The average Bonchev–Trinajstić information content (AvgIpc) is 3.10. The highest BCUT2D eigenvalue weighted by molar-refractivity contribution is 5.84. The molecule has 7 heteroatoms. The van der Waals surface area contributed by atoms with E-state index < -0.39 is 0 Å². The van der Waals surface area contributed by atoms with E-state index in [0.29, 0.717) is 38.9 Å². The first-order valence-electron chi connectivity index (χ1n) is 9.90. The number of nitrogens with zero attached hydrogens (tertiary/aromatic N) is 5. The molecule has 0 saturated carbocycles. The number of rotatable bonds is 7. The maximum atomic E-state index is 13.2. The van der Waals surface area contributed by atoms with Gasteiger partial charge in [-0.1, -0.05) is 6.07 Å². The Labute approximate surface area is 166 Å². The van der Waals surface area contributed by atoms with Crippen LogP contribution in [0.3, 0.4) is 0 Å². The van der Waals surface area contributed by atoms with Gasteiger partial charge in [-0.2, -0.15) is 0 Å². The van der Waals surface area contributed by atoms with E-state index in [1.807, 2.05) is 59.7 Å². The molecule has 1 aliphatic heterocycles. The topological polar surface area (TPSA) is 71.3 Å². The molecular formula is C21H29N5O2. The molecule has 2 amide bonds. The lowest BCUT2D eigenvalue weighted by molar-refractivity contribution is -0.144. The second kappa shape index (κ2) is 8.99. The zero-order valence-electron chi connectivity index (χ0n) is 16.9. The Morgan fingerprint density at radius 3 is 2.75 bits per heavy atom. The molecule has 0 bridgehead atoms. The monoisotopic (exact) mass is 383 g/mol. The SMILES string of the molecule is CC(C)N(Cc1nccn1C)C(=O)[C@H]1CCC(=O)N(CCc2ccccn2)C1. The lowest BCUT2D eigenvalue weighted by Gasteiger charge is -2.36. The van der Waals surface area contributed by atoms with Crippen molar-refractivity contribution in [2.24, 2.45) is 13.0 Å². The molecule has 7 nitrogen and oxygen atoms in total. The molecular weight excluding hydrogens is 354 g/mol. The van der Waals surface area contributed by atoms with Gasteiger partial charge in [0.2, 0.25) is 11.8 Å². The second-order valence-electron chi connectivity index (χ2n) is 7.66. The van der Waals surface area contributed by atoms with Crippen LogP contribution in [0.15, 0.2) is 36.8 Å². The van der Waals surface area contributed by atoms with E-state index in [-0.39, 0.29) is 23.8 Å². The van der Waals surface area contributed by atoms with Crippen LogP contribution in [0.2, 0.25) is 0 Å². The summed E-state index contributed by atoms with van der Waals surface area (Å²) in [7, 11) is 1.93. The van der Waals surface area contributed by atoms with Gasteiger partial charge in [-0.25, -0.2) is 4.98 Å². The van der Waals surface area contributed by atoms with Crippen molar-refractivity contribution in [3.8, 4) is 0 Å². The van der Waals surface area contributed by atoms with E-state index >= 15 is 0 Å². The van der Waals surface area contributed by atoms with E-state index in [1.165, 1.54) is 0 Å². The number of hydrogen-bond acceptors (Lipinski definition) is 4. The van der Waals surface area contributed by atoms with E-state index in [1.54, 1.807) is 12.4 Å². The Kier molecular flexibility index (Phi) is 6.44. The smallest absolute Gasteiger partial charge is 0.228 e. The van der Waals surface area contributed by atoms with Gasteiger partial charge in [0.1, 0.15) is 5.82 Å². The first-order valence-corrected chi connectivity index (χ1v) is 9.90. The minimum absolute atomic E-state index is 0.0730. The fourth-order valence-electron chi connectivity index (χ4n) is 3.58. The number of imidazole rings is 1. The number of carbonyl (C=O) groups is 2. The number of amides is 2. The van der Waals surface area contributed by atoms with Gasteiger partial charge in [0.05, 0.1) is 12.5 Å². The van der Waals surface area contributed by atoms with Gasteiger partial charge in [0.15, 0.2) is 0 Å². The maximum Gasteiger partial charge on any atom is 0.228 e. The predicted octanol–water partition coefficient (Wildman–Crippen LogP) is 2.03. The van der Waals surface area contributed by atoms with Gasteiger partial charge in [0.25, 0.3) is 0 Å². The van der Waals surface area contributed by atoms with Crippen LogP contribution in [0.1, 0.15) is 38.2 Å². The summed E-state index contributed by atoms with van der Waals surface area (Å²) in [5.41, 5.74) is 0.960. The van der Waals surface area contributed by atoms with Gasteiger partial charge < -0.3 is 14.4 Å². The van der Waals surface area contributed by atoms with Crippen LogP contribution in [0.25, 0.3) is 0 Å². The molecule has 0 aliphatic carbocycles. The highest BCUT2D eigenvalue weighted by atomic mass is 16.2. The van der Waals surface area contributed by atoms with Gasteiger partial charge in [-0.05, 0) is 32.4 Å².